The van der Waals surface area contributed by atoms with E-state index in [1.165, 1.54) is 32.7 Å². The lowest BCUT2D eigenvalue weighted by molar-refractivity contribution is 1.21. The molecule has 1 aliphatic rings. The summed E-state index contributed by atoms with van der Waals surface area (Å²) in [4.78, 5) is 1.41. The molecule has 1 heterocycles. The van der Waals surface area contributed by atoms with E-state index in [4.69, 9.17) is 0 Å². The second kappa shape index (κ2) is 3.82. The van der Waals surface area contributed by atoms with Crippen molar-refractivity contribution in [3.63, 3.8) is 0 Å². The zero-order valence-electron chi connectivity index (χ0n) is 9.89. The van der Waals surface area contributed by atoms with Crippen molar-refractivity contribution < 1.29 is 0 Å². The lowest BCUT2D eigenvalue weighted by Gasteiger charge is -2.05. The minimum absolute atomic E-state index is 1.04. The summed E-state index contributed by atoms with van der Waals surface area (Å²) < 4.78 is 0. The first-order valence-corrected chi connectivity index (χ1v) is 7.05. The molecular formula is C17H12S. The van der Waals surface area contributed by atoms with Gasteiger partial charge in [0.1, 0.15) is 0 Å². The maximum Gasteiger partial charge on any atom is 0.0424 e. The molecule has 1 heteroatoms. The first kappa shape index (κ1) is 10.1. The quantitative estimate of drug-likeness (QED) is 0.411. The maximum absolute atomic E-state index is 2.25. The first-order chi connectivity index (χ1) is 8.93. The van der Waals surface area contributed by atoms with Crippen LogP contribution in [0.3, 0.4) is 0 Å². The van der Waals surface area contributed by atoms with Crippen molar-refractivity contribution in [3.8, 4) is 21.6 Å². The number of benzene rings is 2. The Morgan fingerprint density at radius 3 is 2.17 bits per heavy atom. The number of hydrogen-bond donors (Lipinski definition) is 0. The summed E-state index contributed by atoms with van der Waals surface area (Å²) in [5.74, 6) is 0. The SMILES string of the molecule is c1ccc2c(c1)Cc1ccccc1-c1sccc1-2. The third kappa shape index (κ3) is 1.37. The van der Waals surface area contributed by atoms with Crippen LogP contribution in [-0.4, -0.2) is 0 Å². The van der Waals surface area contributed by atoms with Gasteiger partial charge in [-0.25, -0.2) is 0 Å². The van der Waals surface area contributed by atoms with Crippen LogP contribution in [0.4, 0.5) is 0 Å². The van der Waals surface area contributed by atoms with Crippen molar-refractivity contribution in [2.75, 3.05) is 0 Å². The molecule has 3 aromatic rings. The van der Waals surface area contributed by atoms with Crippen molar-refractivity contribution in [2.24, 2.45) is 0 Å². The maximum atomic E-state index is 2.25. The molecule has 86 valence electrons. The van der Waals surface area contributed by atoms with Crippen molar-refractivity contribution in [2.45, 2.75) is 6.42 Å². The highest BCUT2D eigenvalue weighted by Gasteiger charge is 2.18. The molecule has 0 saturated carbocycles. The summed E-state index contributed by atoms with van der Waals surface area (Å²) in [6.45, 7) is 0. The van der Waals surface area contributed by atoms with Crippen LogP contribution in [0.15, 0.2) is 60.0 Å². The molecule has 0 atom stereocenters. The van der Waals surface area contributed by atoms with Gasteiger partial charge in [0.05, 0.1) is 0 Å². The topological polar surface area (TPSA) is 0 Å². The Kier molecular flexibility index (Phi) is 2.14. The van der Waals surface area contributed by atoms with Crippen LogP contribution in [0.2, 0.25) is 0 Å². The van der Waals surface area contributed by atoms with E-state index in [9.17, 15) is 0 Å². The minimum Gasteiger partial charge on any atom is -0.143 e. The van der Waals surface area contributed by atoms with E-state index >= 15 is 0 Å². The summed E-state index contributed by atoms with van der Waals surface area (Å²) in [7, 11) is 0. The molecule has 18 heavy (non-hydrogen) atoms. The third-order valence-electron chi connectivity index (χ3n) is 3.62. The van der Waals surface area contributed by atoms with Crippen LogP contribution in [0, 0.1) is 0 Å². The van der Waals surface area contributed by atoms with Crippen LogP contribution < -0.4 is 0 Å². The zero-order chi connectivity index (χ0) is 11.9. The van der Waals surface area contributed by atoms with Crippen molar-refractivity contribution in [1.82, 2.24) is 0 Å². The molecule has 0 amide bonds. The molecule has 0 N–H and O–H groups in total. The lowest BCUT2D eigenvalue weighted by Crippen LogP contribution is -1.89. The Morgan fingerprint density at radius 2 is 1.33 bits per heavy atom. The Hall–Kier alpha value is -1.86. The van der Waals surface area contributed by atoms with Crippen molar-refractivity contribution >= 4 is 11.3 Å². The van der Waals surface area contributed by atoms with E-state index < -0.39 is 0 Å². The fourth-order valence-corrected chi connectivity index (χ4v) is 3.74. The third-order valence-corrected chi connectivity index (χ3v) is 4.56. The average molecular weight is 248 g/mol. The van der Waals surface area contributed by atoms with Gasteiger partial charge in [-0.2, -0.15) is 0 Å². The fourth-order valence-electron chi connectivity index (χ4n) is 2.77. The fraction of sp³-hybridized carbons (Fsp3) is 0.0588. The molecule has 0 fully saturated rings. The molecule has 1 aliphatic carbocycles. The number of thiophene rings is 1. The second-order valence-corrected chi connectivity index (χ2v) is 5.57. The Bertz CT molecular complexity index is 662. The Balaban J connectivity index is 2.12. The van der Waals surface area contributed by atoms with E-state index in [1.54, 1.807) is 0 Å². The normalized spacial score (nSPS) is 12.2. The predicted molar refractivity (Wildman–Crippen MR) is 78.0 cm³/mol. The highest BCUT2D eigenvalue weighted by molar-refractivity contribution is 7.14. The summed E-state index contributed by atoms with van der Waals surface area (Å²) in [6.07, 6.45) is 1.04. The van der Waals surface area contributed by atoms with Gasteiger partial charge < -0.3 is 0 Å². The summed E-state index contributed by atoms with van der Waals surface area (Å²) in [6, 6.07) is 19.8. The molecule has 2 aromatic carbocycles. The largest absolute Gasteiger partial charge is 0.143 e. The van der Waals surface area contributed by atoms with Crippen molar-refractivity contribution in [1.29, 1.82) is 0 Å². The average Bonchev–Trinajstić information content (AvgIpc) is 2.84. The number of fused-ring (bicyclic) bond motifs is 5. The van der Waals surface area contributed by atoms with Crippen LogP contribution in [0.25, 0.3) is 21.6 Å². The molecule has 0 unspecified atom stereocenters. The van der Waals surface area contributed by atoms with Crippen molar-refractivity contribution in [3.05, 3.63) is 71.1 Å². The zero-order valence-corrected chi connectivity index (χ0v) is 10.7. The van der Waals surface area contributed by atoms with Gasteiger partial charge in [-0.3, -0.25) is 0 Å². The molecule has 1 aromatic heterocycles. The van der Waals surface area contributed by atoms with E-state index in [0.29, 0.717) is 0 Å². The summed E-state index contributed by atoms with van der Waals surface area (Å²) in [5.41, 5.74) is 7.05. The molecule has 0 bridgehead atoms. The smallest absolute Gasteiger partial charge is 0.0424 e. The second-order valence-electron chi connectivity index (χ2n) is 4.65. The molecule has 0 aliphatic heterocycles. The summed E-state index contributed by atoms with van der Waals surface area (Å²) in [5, 5.41) is 2.20. The molecule has 4 rings (SSSR count). The number of rotatable bonds is 0. The van der Waals surface area contributed by atoms with Gasteiger partial charge in [-0.1, -0.05) is 48.5 Å². The Labute approximate surface area is 111 Å². The van der Waals surface area contributed by atoms with Gasteiger partial charge in [0, 0.05) is 10.4 Å². The van der Waals surface area contributed by atoms with Gasteiger partial charge in [-0.05, 0) is 40.1 Å². The lowest BCUT2D eigenvalue weighted by atomic mass is 9.99. The Morgan fingerprint density at radius 1 is 0.667 bits per heavy atom. The van der Waals surface area contributed by atoms with E-state index in [-0.39, 0.29) is 0 Å². The van der Waals surface area contributed by atoms with Gasteiger partial charge in [0.15, 0.2) is 0 Å². The molecular weight excluding hydrogens is 236 g/mol. The molecule has 0 saturated heterocycles. The van der Waals surface area contributed by atoms with Gasteiger partial charge in [0.25, 0.3) is 0 Å². The molecule has 0 spiro atoms. The van der Waals surface area contributed by atoms with Crippen LogP contribution in [0.5, 0.6) is 0 Å². The number of hydrogen-bond acceptors (Lipinski definition) is 1. The molecule has 0 nitrogen and oxygen atoms in total. The minimum atomic E-state index is 1.04. The molecule has 0 radical (unpaired) electrons. The van der Waals surface area contributed by atoms with E-state index in [1.807, 2.05) is 11.3 Å². The van der Waals surface area contributed by atoms with Crippen LogP contribution in [0.1, 0.15) is 11.1 Å². The summed E-state index contributed by atoms with van der Waals surface area (Å²) >= 11 is 1.84. The van der Waals surface area contributed by atoms with Gasteiger partial charge in [0.2, 0.25) is 0 Å². The van der Waals surface area contributed by atoms with Gasteiger partial charge >= 0.3 is 0 Å². The van der Waals surface area contributed by atoms with E-state index in [0.717, 1.165) is 6.42 Å². The van der Waals surface area contributed by atoms with Gasteiger partial charge in [-0.15, -0.1) is 11.3 Å². The predicted octanol–water partition coefficient (Wildman–Crippen LogP) is 4.99. The highest BCUT2D eigenvalue weighted by atomic mass is 32.1. The van der Waals surface area contributed by atoms with Crippen LogP contribution in [-0.2, 0) is 6.42 Å². The van der Waals surface area contributed by atoms with E-state index in [2.05, 4.69) is 60.0 Å². The standard InChI is InChI=1S/C17H12S/c1-3-7-14-12(5-1)11-13-6-2-4-8-15(13)17-16(14)9-10-18-17/h1-10H,11H2. The highest BCUT2D eigenvalue weighted by Crippen LogP contribution is 2.43. The monoisotopic (exact) mass is 248 g/mol. The first-order valence-electron chi connectivity index (χ1n) is 6.17. The van der Waals surface area contributed by atoms with Crippen LogP contribution >= 0.6 is 11.3 Å².